The maximum atomic E-state index is 10.7. The molecule has 0 radical (unpaired) electrons. The third kappa shape index (κ3) is 4.05. The van der Waals surface area contributed by atoms with E-state index >= 15 is 0 Å². The zero-order valence-corrected chi connectivity index (χ0v) is 13.5. The Hall–Kier alpha value is -3.55. The minimum atomic E-state index is -0.415. The Bertz CT molecular complexity index is 868. The van der Waals surface area contributed by atoms with Gasteiger partial charge in [0.15, 0.2) is 0 Å². The molecule has 25 heavy (non-hydrogen) atoms. The second kappa shape index (κ2) is 7.35. The van der Waals surface area contributed by atoms with Crippen LogP contribution in [0.1, 0.15) is 5.56 Å². The van der Waals surface area contributed by atoms with Gasteiger partial charge in [0, 0.05) is 49.7 Å². The Morgan fingerprint density at radius 1 is 1.08 bits per heavy atom. The summed E-state index contributed by atoms with van der Waals surface area (Å²) in [6, 6.07) is 12.0. The largest absolute Gasteiger partial charge is 0.366 e. The van der Waals surface area contributed by atoms with E-state index in [1.165, 1.54) is 12.1 Å². The van der Waals surface area contributed by atoms with Crippen LogP contribution in [0.25, 0.3) is 11.3 Å². The number of nitro benzene ring substituents is 1. The number of rotatable bonds is 6. The number of non-ortho nitro benzene ring substituents is 1. The molecular weight excluding hydrogens is 320 g/mol. The molecule has 0 aliphatic rings. The second-order valence-electron chi connectivity index (χ2n) is 5.23. The number of anilines is 2. The monoisotopic (exact) mass is 336 g/mol. The number of hydrogen-bond acceptors (Lipinski definition) is 7. The molecule has 1 aromatic carbocycles. The Morgan fingerprint density at radius 3 is 2.44 bits per heavy atom. The lowest BCUT2D eigenvalue weighted by Gasteiger charge is -2.10. The van der Waals surface area contributed by atoms with Crippen LogP contribution in [0.4, 0.5) is 17.5 Å². The van der Waals surface area contributed by atoms with Crippen molar-refractivity contribution in [2.45, 2.75) is 6.54 Å². The molecule has 126 valence electrons. The Balaban J connectivity index is 1.79. The van der Waals surface area contributed by atoms with Crippen molar-refractivity contribution in [3.63, 3.8) is 0 Å². The molecule has 0 unspecified atom stereocenters. The number of pyridine rings is 1. The summed E-state index contributed by atoms with van der Waals surface area (Å²) in [7, 11) is 1.76. The van der Waals surface area contributed by atoms with Crippen LogP contribution in [0.3, 0.4) is 0 Å². The summed E-state index contributed by atoms with van der Waals surface area (Å²) in [6.07, 6.45) is 3.42. The molecule has 3 rings (SSSR count). The number of nitro groups is 1. The maximum absolute atomic E-state index is 10.7. The highest BCUT2D eigenvalue weighted by molar-refractivity contribution is 5.63. The van der Waals surface area contributed by atoms with Crippen LogP contribution in [0.2, 0.25) is 0 Å². The lowest BCUT2D eigenvalue weighted by molar-refractivity contribution is -0.384. The topological polar surface area (TPSA) is 106 Å². The van der Waals surface area contributed by atoms with Gasteiger partial charge < -0.3 is 10.6 Å². The van der Waals surface area contributed by atoms with Gasteiger partial charge in [-0.1, -0.05) is 12.1 Å². The van der Waals surface area contributed by atoms with Crippen LogP contribution in [0.5, 0.6) is 0 Å². The molecular formula is C17H16N6O2. The van der Waals surface area contributed by atoms with Crippen LogP contribution >= 0.6 is 0 Å². The van der Waals surface area contributed by atoms with Crippen LogP contribution in [0, 0.1) is 10.1 Å². The smallest absolute Gasteiger partial charge is 0.269 e. The average molecular weight is 336 g/mol. The van der Waals surface area contributed by atoms with E-state index < -0.39 is 4.92 Å². The number of aromatic nitrogens is 3. The Morgan fingerprint density at radius 2 is 1.80 bits per heavy atom. The SMILES string of the molecule is CNc1nc(NCc2ccc([N+](=O)[O-])cc2)cc(-c2ccncc2)n1. The minimum Gasteiger partial charge on any atom is -0.366 e. The van der Waals surface area contributed by atoms with Gasteiger partial charge in [-0.2, -0.15) is 4.98 Å². The highest BCUT2D eigenvalue weighted by Crippen LogP contribution is 2.21. The van der Waals surface area contributed by atoms with Gasteiger partial charge in [-0.05, 0) is 17.7 Å². The zero-order valence-electron chi connectivity index (χ0n) is 13.5. The molecule has 2 aromatic heterocycles. The fraction of sp³-hybridized carbons (Fsp3) is 0.118. The van der Waals surface area contributed by atoms with Crippen molar-refractivity contribution in [1.82, 2.24) is 15.0 Å². The molecule has 3 aromatic rings. The van der Waals surface area contributed by atoms with E-state index in [0.717, 1.165) is 16.8 Å². The predicted molar refractivity (Wildman–Crippen MR) is 95.2 cm³/mol. The molecule has 0 saturated carbocycles. The molecule has 0 saturated heterocycles. The number of hydrogen-bond donors (Lipinski definition) is 2. The number of nitrogens with zero attached hydrogens (tertiary/aromatic N) is 4. The fourth-order valence-corrected chi connectivity index (χ4v) is 2.25. The first-order valence-electron chi connectivity index (χ1n) is 7.60. The van der Waals surface area contributed by atoms with Gasteiger partial charge in [0.1, 0.15) is 5.82 Å². The van der Waals surface area contributed by atoms with Crippen molar-refractivity contribution < 1.29 is 4.92 Å². The van der Waals surface area contributed by atoms with Crippen molar-refractivity contribution in [2.75, 3.05) is 17.7 Å². The van der Waals surface area contributed by atoms with Gasteiger partial charge in [-0.15, -0.1) is 0 Å². The normalized spacial score (nSPS) is 10.3. The highest BCUT2D eigenvalue weighted by atomic mass is 16.6. The van der Waals surface area contributed by atoms with E-state index in [9.17, 15) is 10.1 Å². The standard InChI is InChI=1S/C17H16N6O2/c1-18-17-21-15(13-6-8-19-9-7-13)10-16(22-17)20-11-12-2-4-14(5-3-12)23(24)25/h2-10H,11H2,1H3,(H2,18,20,21,22). The van der Waals surface area contributed by atoms with Crippen molar-refractivity contribution in [3.8, 4) is 11.3 Å². The van der Waals surface area contributed by atoms with Gasteiger partial charge in [-0.25, -0.2) is 4.98 Å². The van der Waals surface area contributed by atoms with Crippen LogP contribution < -0.4 is 10.6 Å². The van der Waals surface area contributed by atoms with Crippen LogP contribution in [-0.2, 0) is 6.54 Å². The Labute approximate surface area is 144 Å². The van der Waals surface area contributed by atoms with E-state index in [1.54, 1.807) is 31.6 Å². The van der Waals surface area contributed by atoms with Crippen molar-refractivity contribution in [2.24, 2.45) is 0 Å². The van der Waals surface area contributed by atoms with Gasteiger partial charge in [0.2, 0.25) is 5.95 Å². The first-order valence-corrected chi connectivity index (χ1v) is 7.60. The number of benzene rings is 1. The molecule has 8 heteroatoms. The molecule has 0 fully saturated rings. The third-order valence-corrected chi connectivity index (χ3v) is 3.55. The van der Waals surface area contributed by atoms with Crippen molar-refractivity contribution in [1.29, 1.82) is 0 Å². The van der Waals surface area contributed by atoms with Gasteiger partial charge >= 0.3 is 0 Å². The van der Waals surface area contributed by atoms with Gasteiger partial charge in [0.25, 0.3) is 5.69 Å². The van der Waals surface area contributed by atoms with Gasteiger partial charge in [0.05, 0.1) is 10.6 Å². The summed E-state index contributed by atoms with van der Waals surface area (Å²) in [4.78, 5) is 23.1. The van der Waals surface area contributed by atoms with E-state index in [2.05, 4.69) is 25.6 Å². The molecule has 0 aliphatic carbocycles. The first kappa shape index (κ1) is 16.3. The van der Waals surface area contributed by atoms with Crippen molar-refractivity contribution in [3.05, 3.63) is 70.5 Å². The Kier molecular flexibility index (Phi) is 4.79. The number of nitrogens with one attached hydrogen (secondary N) is 2. The summed E-state index contributed by atoms with van der Waals surface area (Å²) in [6.45, 7) is 0.494. The predicted octanol–water partition coefficient (Wildman–Crippen LogP) is 3.10. The van der Waals surface area contributed by atoms with Crippen LogP contribution in [0.15, 0.2) is 54.9 Å². The summed E-state index contributed by atoms with van der Waals surface area (Å²) < 4.78 is 0. The quantitative estimate of drug-likeness (QED) is 0.526. The lowest BCUT2D eigenvalue weighted by atomic mass is 10.2. The second-order valence-corrected chi connectivity index (χ2v) is 5.23. The van der Waals surface area contributed by atoms with E-state index in [4.69, 9.17) is 0 Å². The molecule has 0 bridgehead atoms. The van der Waals surface area contributed by atoms with Gasteiger partial charge in [-0.3, -0.25) is 15.1 Å². The zero-order chi connectivity index (χ0) is 17.6. The molecule has 2 heterocycles. The third-order valence-electron chi connectivity index (χ3n) is 3.55. The summed E-state index contributed by atoms with van der Waals surface area (Å²) >= 11 is 0. The van der Waals surface area contributed by atoms with Crippen molar-refractivity contribution >= 4 is 17.5 Å². The summed E-state index contributed by atoms with van der Waals surface area (Å²) in [5.41, 5.74) is 2.70. The molecule has 0 amide bonds. The average Bonchev–Trinajstić information content (AvgIpc) is 2.67. The molecule has 8 nitrogen and oxygen atoms in total. The lowest BCUT2D eigenvalue weighted by Crippen LogP contribution is -2.05. The highest BCUT2D eigenvalue weighted by Gasteiger charge is 2.07. The molecule has 0 atom stereocenters. The molecule has 0 aliphatic heterocycles. The summed E-state index contributed by atoms with van der Waals surface area (Å²) in [5.74, 6) is 1.16. The molecule has 0 spiro atoms. The maximum Gasteiger partial charge on any atom is 0.269 e. The van der Waals surface area contributed by atoms with Crippen LogP contribution in [-0.4, -0.2) is 26.9 Å². The molecule has 2 N–H and O–H groups in total. The minimum absolute atomic E-state index is 0.0724. The van der Waals surface area contributed by atoms with E-state index in [0.29, 0.717) is 18.3 Å². The van der Waals surface area contributed by atoms with E-state index in [1.807, 2.05) is 18.2 Å². The summed E-state index contributed by atoms with van der Waals surface area (Å²) in [5, 5.41) is 16.9. The first-order chi connectivity index (χ1) is 12.2. The van der Waals surface area contributed by atoms with E-state index in [-0.39, 0.29) is 5.69 Å². The fourth-order valence-electron chi connectivity index (χ4n) is 2.25.